The van der Waals surface area contributed by atoms with E-state index in [1.165, 1.54) is 372 Å². The summed E-state index contributed by atoms with van der Waals surface area (Å²) in [5, 5.41) is 0. The maximum atomic E-state index is 2.52. The van der Waals surface area contributed by atoms with E-state index in [0.29, 0.717) is 0 Å². The summed E-state index contributed by atoms with van der Waals surface area (Å²) >= 11 is 0. The fourth-order valence-corrected chi connectivity index (χ4v) is 11.0. The fourth-order valence-electron chi connectivity index (χ4n) is 11.0. The van der Waals surface area contributed by atoms with Crippen LogP contribution in [0.25, 0.3) is 0 Å². The number of hydrogen-bond donors (Lipinski definition) is 0. The molecule has 0 aliphatic rings. The van der Waals surface area contributed by atoms with Gasteiger partial charge in [-0.25, -0.2) is 0 Å². The fraction of sp³-hybridized carbons (Fsp3) is 0.955. The van der Waals surface area contributed by atoms with E-state index < -0.39 is 0 Å². The van der Waals surface area contributed by atoms with Crippen LogP contribution >= 0.6 is 0 Å². The molecule has 0 aromatic carbocycles. The van der Waals surface area contributed by atoms with Gasteiger partial charge in [-0.15, -0.1) is 0 Å². The molecular weight excluding hydrogens is 793 g/mol. The van der Waals surface area contributed by atoms with Crippen LogP contribution in [0.2, 0.25) is 0 Å². The second kappa shape index (κ2) is 60.9. The highest BCUT2D eigenvalue weighted by atomic mass is 14.3. The van der Waals surface area contributed by atoms with Crippen LogP contribution < -0.4 is 0 Å². The second-order valence-electron chi connectivity index (χ2n) is 22.5. The molecule has 0 aliphatic heterocycles. The zero-order valence-electron chi connectivity index (χ0n) is 47.2. The molecule has 1 atom stereocenters. The topological polar surface area (TPSA) is 0 Å². The Morgan fingerprint density at radius 1 is 0.212 bits per heavy atom. The lowest BCUT2D eigenvalue weighted by atomic mass is 9.78. The summed E-state index contributed by atoms with van der Waals surface area (Å²) < 4.78 is 0. The van der Waals surface area contributed by atoms with Gasteiger partial charge in [-0.3, -0.25) is 0 Å². The third-order valence-corrected chi connectivity index (χ3v) is 15.8. The van der Waals surface area contributed by atoms with Gasteiger partial charge in [-0.05, 0) is 63.2 Å². The van der Waals surface area contributed by atoms with E-state index >= 15 is 0 Å². The van der Waals surface area contributed by atoms with Gasteiger partial charge in [0.2, 0.25) is 0 Å². The van der Waals surface area contributed by atoms with Crippen molar-refractivity contribution >= 4 is 0 Å². The Kier molecular flexibility index (Phi) is 60.6. The quantitative estimate of drug-likeness (QED) is 0.0421. The maximum absolute atomic E-state index is 2.52. The predicted octanol–water partition coefficient (Wildman–Crippen LogP) is 25.4. The van der Waals surface area contributed by atoms with E-state index in [1.54, 1.807) is 0 Å². The molecule has 0 aliphatic carbocycles. The van der Waals surface area contributed by atoms with Crippen molar-refractivity contribution in [3.63, 3.8) is 0 Å². The normalized spacial score (nSPS) is 12.4. The Morgan fingerprint density at radius 2 is 0.394 bits per heavy atom. The number of rotatable bonds is 60. The van der Waals surface area contributed by atoms with Crippen LogP contribution in [-0.2, 0) is 0 Å². The Hall–Kier alpha value is -0.260. The van der Waals surface area contributed by atoms with Crippen LogP contribution in [0.5, 0.6) is 0 Å². The SMILES string of the molecule is CCCCCCCC/C=C\CCCCCCC(CCCCCCCCCCCCCCCCCC)[C](CCCCCCCCCCCC)CCCCCCCCCCCCCCCCCC. The largest absolute Gasteiger partial charge is 0.0885 e. The first-order valence-corrected chi connectivity index (χ1v) is 32.3. The molecule has 395 valence electrons. The highest BCUT2D eigenvalue weighted by Crippen LogP contribution is 2.35. The van der Waals surface area contributed by atoms with E-state index in [0.717, 1.165) is 5.92 Å². The Morgan fingerprint density at radius 3 is 0.621 bits per heavy atom. The first-order valence-electron chi connectivity index (χ1n) is 32.3. The van der Waals surface area contributed by atoms with Gasteiger partial charge in [0, 0.05) is 0 Å². The van der Waals surface area contributed by atoms with E-state index in [1.807, 2.05) is 5.92 Å². The summed E-state index contributed by atoms with van der Waals surface area (Å²) in [5.41, 5.74) is 0. The average molecular weight is 925 g/mol. The van der Waals surface area contributed by atoms with Gasteiger partial charge in [0.15, 0.2) is 0 Å². The number of unbranched alkanes of at least 4 members (excludes halogenated alkanes) is 49. The van der Waals surface area contributed by atoms with E-state index in [-0.39, 0.29) is 0 Å². The minimum Gasteiger partial charge on any atom is -0.0885 e. The molecule has 0 aromatic rings. The highest BCUT2D eigenvalue weighted by molar-refractivity contribution is 4.96. The van der Waals surface area contributed by atoms with Crippen LogP contribution in [-0.4, -0.2) is 0 Å². The van der Waals surface area contributed by atoms with Gasteiger partial charge in [0.25, 0.3) is 0 Å². The monoisotopic (exact) mass is 924 g/mol. The van der Waals surface area contributed by atoms with E-state index in [4.69, 9.17) is 0 Å². The summed E-state index contributed by atoms with van der Waals surface area (Å²) in [7, 11) is 0. The predicted molar refractivity (Wildman–Crippen MR) is 306 cm³/mol. The third-order valence-electron chi connectivity index (χ3n) is 15.8. The van der Waals surface area contributed by atoms with Gasteiger partial charge in [-0.2, -0.15) is 0 Å². The van der Waals surface area contributed by atoms with Crippen molar-refractivity contribution in [1.82, 2.24) is 0 Å². The van der Waals surface area contributed by atoms with Crippen molar-refractivity contribution in [3.8, 4) is 0 Å². The van der Waals surface area contributed by atoms with Crippen molar-refractivity contribution in [1.29, 1.82) is 0 Å². The van der Waals surface area contributed by atoms with Gasteiger partial charge >= 0.3 is 0 Å². The zero-order chi connectivity index (χ0) is 47.6. The lowest BCUT2D eigenvalue weighted by Gasteiger charge is -2.28. The molecule has 0 saturated heterocycles. The molecule has 0 nitrogen and oxygen atoms in total. The highest BCUT2D eigenvalue weighted by Gasteiger charge is 2.21. The Labute approximate surface area is 422 Å². The molecule has 1 radical (unpaired) electrons. The maximum Gasteiger partial charge on any atom is -0.0210 e. The van der Waals surface area contributed by atoms with Crippen molar-refractivity contribution in [2.75, 3.05) is 0 Å². The summed E-state index contributed by atoms with van der Waals surface area (Å²) in [6, 6.07) is 0. The summed E-state index contributed by atoms with van der Waals surface area (Å²) in [4.78, 5) is 0. The van der Waals surface area contributed by atoms with Crippen LogP contribution in [0, 0.1) is 11.8 Å². The molecule has 0 spiro atoms. The molecule has 0 amide bonds. The standard InChI is InChI=1S/C66H131/c1-5-9-13-17-21-25-29-32-35-37-40-43-47-51-55-59-62-65(61-57-53-49-45-28-24-20-16-12-8-4)66(63-58-54-50-46-42-39-34-31-27-23-19-15-11-7-3)64-60-56-52-48-44-41-38-36-33-30-26-22-18-14-10-6-2/h34,39,66H,5-33,35-38,40-64H2,1-4H3/b39-34-. The van der Waals surface area contributed by atoms with Gasteiger partial charge in [-0.1, -0.05) is 361 Å². The van der Waals surface area contributed by atoms with Crippen LogP contribution in [0.4, 0.5) is 0 Å². The lowest BCUT2D eigenvalue weighted by molar-refractivity contribution is 0.371. The number of allylic oxidation sites excluding steroid dienone is 2. The van der Waals surface area contributed by atoms with Crippen LogP contribution in [0.15, 0.2) is 12.2 Å². The molecule has 0 saturated carbocycles. The van der Waals surface area contributed by atoms with E-state index in [2.05, 4.69) is 39.8 Å². The van der Waals surface area contributed by atoms with Crippen LogP contribution in [0.3, 0.4) is 0 Å². The van der Waals surface area contributed by atoms with Crippen molar-refractivity contribution in [3.05, 3.63) is 18.1 Å². The van der Waals surface area contributed by atoms with E-state index in [9.17, 15) is 0 Å². The molecule has 1 unspecified atom stereocenters. The zero-order valence-corrected chi connectivity index (χ0v) is 47.2. The molecular formula is C66H131. The first kappa shape index (κ1) is 65.7. The van der Waals surface area contributed by atoms with Gasteiger partial charge in [0.05, 0.1) is 0 Å². The van der Waals surface area contributed by atoms with Crippen molar-refractivity contribution < 1.29 is 0 Å². The summed E-state index contributed by atoms with van der Waals surface area (Å²) in [6.07, 6.45) is 89.7. The van der Waals surface area contributed by atoms with Gasteiger partial charge < -0.3 is 0 Å². The van der Waals surface area contributed by atoms with Crippen molar-refractivity contribution in [2.45, 2.75) is 400 Å². The average Bonchev–Trinajstić information content (AvgIpc) is 3.33. The molecule has 0 heteroatoms. The molecule has 0 heterocycles. The Bertz CT molecular complexity index is 839. The van der Waals surface area contributed by atoms with Gasteiger partial charge in [0.1, 0.15) is 0 Å². The second-order valence-corrected chi connectivity index (χ2v) is 22.5. The summed E-state index contributed by atoms with van der Waals surface area (Å²) in [6.45, 7) is 9.32. The molecule has 0 N–H and O–H groups in total. The molecule has 0 bridgehead atoms. The first-order chi connectivity index (χ1) is 32.8. The third kappa shape index (κ3) is 54.7. The van der Waals surface area contributed by atoms with Crippen LogP contribution in [0.1, 0.15) is 400 Å². The minimum atomic E-state index is 0.920. The molecule has 0 fully saturated rings. The molecule has 0 rings (SSSR count). The molecule has 0 aromatic heterocycles. The summed E-state index contributed by atoms with van der Waals surface area (Å²) in [5.74, 6) is 2.96. The minimum absolute atomic E-state index is 0.920. The Balaban J connectivity index is 4.86. The smallest absolute Gasteiger partial charge is 0.0210 e. The number of hydrogen-bond acceptors (Lipinski definition) is 0. The lowest BCUT2D eigenvalue weighted by Crippen LogP contribution is -2.14. The molecule has 66 heavy (non-hydrogen) atoms. The van der Waals surface area contributed by atoms with Crippen molar-refractivity contribution in [2.24, 2.45) is 5.92 Å².